The van der Waals surface area contributed by atoms with Gasteiger partial charge in [0.15, 0.2) is 0 Å². The van der Waals surface area contributed by atoms with Gasteiger partial charge in [-0.2, -0.15) is 0 Å². The molecule has 0 atom stereocenters. The summed E-state index contributed by atoms with van der Waals surface area (Å²) in [5.41, 5.74) is 2.19. The topological polar surface area (TPSA) is 38.3 Å². The van der Waals surface area contributed by atoms with Crippen LogP contribution in [0.4, 0.5) is 0 Å². The number of nitrogens with one attached hydrogen (secondary N) is 1. The lowest BCUT2D eigenvalue weighted by atomic mass is 10.2. The molecule has 0 spiro atoms. The fraction of sp³-hybridized carbons (Fsp3) is 0.267. The smallest absolute Gasteiger partial charge is 0.261 e. The van der Waals surface area contributed by atoms with Gasteiger partial charge in [-0.25, -0.2) is 0 Å². The molecule has 0 radical (unpaired) electrons. The van der Waals surface area contributed by atoms with Crippen LogP contribution in [0.1, 0.15) is 25.7 Å². The van der Waals surface area contributed by atoms with Crippen LogP contribution in [-0.2, 0) is 6.54 Å². The molecule has 1 amide bonds. The monoisotopic (exact) mass is 275 g/mol. The molecule has 0 aliphatic heterocycles. The molecule has 0 unspecified atom stereocenters. The van der Waals surface area contributed by atoms with E-state index in [9.17, 15) is 4.79 Å². The highest BCUT2D eigenvalue weighted by Gasteiger charge is 2.10. The first-order valence-corrected chi connectivity index (χ1v) is 6.90. The summed E-state index contributed by atoms with van der Waals surface area (Å²) in [7, 11) is 1.63. The van der Waals surface area contributed by atoms with Crippen LogP contribution in [0.15, 0.2) is 30.3 Å². The van der Waals surface area contributed by atoms with E-state index in [0.717, 1.165) is 21.8 Å². The lowest BCUT2D eigenvalue weighted by molar-refractivity contribution is 0.0955. The molecule has 0 bridgehead atoms. The third kappa shape index (κ3) is 3.35. The van der Waals surface area contributed by atoms with Crippen LogP contribution in [0.25, 0.3) is 0 Å². The van der Waals surface area contributed by atoms with Gasteiger partial charge in [-0.05, 0) is 43.2 Å². The highest BCUT2D eigenvalue weighted by molar-refractivity contribution is 7.14. The van der Waals surface area contributed by atoms with Crippen LogP contribution in [0, 0.1) is 13.8 Å². The molecule has 0 aliphatic carbocycles. The van der Waals surface area contributed by atoms with E-state index in [1.807, 2.05) is 44.2 Å². The summed E-state index contributed by atoms with van der Waals surface area (Å²) < 4.78 is 5.15. The first-order valence-electron chi connectivity index (χ1n) is 6.08. The van der Waals surface area contributed by atoms with E-state index in [1.54, 1.807) is 7.11 Å². The van der Waals surface area contributed by atoms with E-state index in [1.165, 1.54) is 16.2 Å². The number of ether oxygens (including phenoxy) is 1. The standard InChI is InChI=1S/C15H17NO2S/c1-10-7-14(19-11(10)2)15(17)16-9-12-5-4-6-13(8-12)18-3/h4-8H,9H2,1-3H3,(H,16,17). The van der Waals surface area contributed by atoms with Crippen molar-refractivity contribution in [3.05, 3.63) is 51.2 Å². The van der Waals surface area contributed by atoms with Crippen LogP contribution in [0.2, 0.25) is 0 Å². The summed E-state index contributed by atoms with van der Waals surface area (Å²) in [5.74, 6) is 0.776. The number of hydrogen-bond donors (Lipinski definition) is 1. The zero-order valence-corrected chi connectivity index (χ0v) is 12.1. The first-order chi connectivity index (χ1) is 9.10. The van der Waals surface area contributed by atoms with Gasteiger partial charge in [0.1, 0.15) is 5.75 Å². The number of aryl methyl sites for hydroxylation is 2. The number of methoxy groups -OCH3 is 1. The minimum Gasteiger partial charge on any atom is -0.497 e. The molecule has 1 N–H and O–H groups in total. The molecule has 2 rings (SSSR count). The van der Waals surface area contributed by atoms with Gasteiger partial charge in [0.25, 0.3) is 5.91 Å². The number of thiophene rings is 1. The summed E-state index contributed by atoms with van der Waals surface area (Å²) in [4.78, 5) is 14.0. The van der Waals surface area contributed by atoms with Crippen LogP contribution in [0.5, 0.6) is 5.75 Å². The average Bonchev–Trinajstić information content (AvgIpc) is 2.76. The molecular formula is C15H17NO2S. The Bertz CT molecular complexity index is 570. The van der Waals surface area contributed by atoms with Gasteiger partial charge >= 0.3 is 0 Å². The quantitative estimate of drug-likeness (QED) is 0.929. The summed E-state index contributed by atoms with van der Waals surface area (Å²) in [6.07, 6.45) is 0. The Balaban J connectivity index is 2.00. The molecule has 100 valence electrons. The van der Waals surface area contributed by atoms with Crippen molar-refractivity contribution < 1.29 is 9.53 Å². The Hall–Kier alpha value is -1.81. The zero-order chi connectivity index (χ0) is 13.8. The second kappa shape index (κ2) is 5.89. The van der Waals surface area contributed by atoms with Gasteiger partial charge in [0.05, 0.1) is 12.0 Å². The van der Waals surface area contributed by atoms with Gasteiger partial charge in [0, 0.05) is 11.4 Å². The van der Waals surface area contributed by atoms with Gasteiger partial charge in [0.2, 0.25) is 0 Å². The number of hydrogen-bond acceptors (Lipinski definition) is 3. The lowest BCUT2D eigenvalue weighted by Gasteiger charge is -2.05. The predicted molar refractivity (Wildman–Crippen MR) is 78.0 cm³/mol. The maximum atomic E-state index is 12.0. The summed E-state index contributed by atoms with van der Waals surface area (Å²) in [5, 5.41) is 2.92. The van der Waals surface area contributed by atoms with Crippen molar-refractivity contribution in [2.24, 2.45) is 0 Å². The Labute approximate surface area is 117 Å². The zero-order valence-electron chi connectivity index (χ0n) is 11.3. The molecule has 0 saturated heterocycles. The van der Waals surface area contributed by atoms with Crippen molar-refractivity contribution in [2.45, 2.75) is 20.4 Å². The minimum absolute atomic E-state index is 0.0241. The van der Waals surface area contributed by atoms with Crippen LogP contribution in [0.3, 0.4) is 0 Å². The highest BCUT2D eigenvalue weighted by Crippen LogP contribution is 2.20. The minimum atomic E-state index is -0.0241. The number of carbonyl (C=O) groups is 1. The molecule has 3 nitrogen and oxygen atoms in total. The number of amides is 1. The van der Waals surface area contributed by atoms with Gasteiger partial charge in [-0.3, -0.25) is 4.79 Å². The lowest BCUT2D eigenvalue weighted by Crippen LogP contribution is -2.21. The summed E-state index contributed by atoms with van der Waals surface area (Å²) in [6.45, 7) is 4.55. The summed E-state index contributed by atoms with van der Waals surface area (Å²) in [6, 6.07) is 9.62. The van der Waals surface area contributed by atoms with Crippen LogP contribution >= 0.6 is 11.3 Å². The van der Waals surface area contributed by atoms with Crippen molar-refractivity contribution in [3.8, 4) is 5.75 Å². The molecule has 0 saturated carbocycles. The Morgan fingerprint density at radius 3 is 2.74 bits per heavy atom. The maximum absolute atomic E-state index is 12.0. The molecule has 4 heteroatoms. The molecule has 1 heterocycles. The van der Waals surface area contributed by atoms with E-state index in [-0.39, 0.29) is 5.91 Å². The second-order valence-corrected chi connectivity index (χ2v) is 5.64. The molecule has 1 aromatic carbocycles. The normalized spacial score (nSPS) is 10.3. The molecule has 0 fully saturated rings. The van der Waals surface area contributed by atoms with E-state index in [4.69, 9.17) is 4.74 Å². The van der Waals surface area contributed by atoms with Crippen LogP contribution in [-0.4, -0.2) is 13.0 Å². The van der Waals surface area contributed by atoms with Crippen molar-refractivity contribution in [2.75, 3.05) is 7.11 Å². The number of benzene rings is 1. The molecule has 0 aliphatic rings. The fourth-order valence-electron chi connectivity index (χ4n) is 1.74. The number of rotatable bonds is 4. The Morgan fingerprint density at radius 1 is 1.32 bits per heavy atom. The summed E-state index contributed by atoms with van der Waals surface area (Å²) >= 11 is 1.53. The predicted octanol–water partition coefficient (Wildman–Crippen LogP) is 3.30. The second-order valence-electron chi connectivity index (χ2n) is 4.38. The number of carbonyl (C=O) groups excluding carboxylic acids is 1. The molecule has 1 aromatic heterocycles. The van der Waals surface area contributed by atoms with Crippen molar-refractivity contribution in [3.63, 3.8) is 0 Å². The molecule has 19 heavy (non-hydrogen) atoms. The molecule has 2 aromatic rings. The van der Waals surface area contributed by atoms with Crippen LogP contribution < -0.4 is 10.1 Å². The van der Waals surface area contributed by atoms with E-state index >= 15 is 0 Å². The maximum Gasteiger partial charge on any atom is 0.261 e. The largest absolute Gasteiger partial charge is 0.497 e. The van der Waals surface area contributed by atoms with Crippen molar-refractivity contribution in [1.29, 1.82) is 0 Å². The van der Waals surface area contributed by atoms with E-state index < -0.39 is 0 Å². The Kier molecular flexibility index (Phi) is 4.22. The van der Waals surface area contributed by atoms with Gasteiger partial charge in [-0.15, -0.1) is 11.3 Å². The third-order valence-corrected chi connectivity index (χ3v) is 4.13. The molecular weight excluding hydrogens is 258 g/mol. The van der Waals surface area contributed by atoms with E-state index in [2.05, 4.69) is 5.32 Å². The fourth-order valence-corrected chi connectivity index (χ4v) is 2.69. The van der Waals surface area contributed by atoms with E-state index in [0.29, 0.717) is 6.54 Å². The third-order valence-electron chi connectivity index (χ3n) is 2.98. The average molecular weight is 275 g/mol. The first kappa shape index (κ1) is 13.6. The Morgan fingerprint density at radius 2 is 2.11 bits per heavy atom. The van der Waals surface area contributed by atoms with Crippen molar-refractivity contribution in [1.82, 2.24) is 5.32 Å². The SMILES string of the molecule is COc1cccc(CNC(=O)c2cc(C)c(C)s2)c1. The van der Waals surface area contributed by atoms with Gasteiger partial charge < -0.3 is 10.1 Å². The van der Waals surface area contributed by atoms with Crippen molar-refractivity contribution >= 4 is 17.2 Å². The van der Waals surface area contributed by atoms with Gasteiger partial charge in [-0.1, -0.05) is 12.1 Å². The highest BCUT2D eigenvalue weighted by atomic mass is 32.1.